The van der Waals surface area contributed by atoms with Crippen LogP contribution in [0.25, 0.3) is 0 Å². The van der Waals surface area contributed by atoms with Crippen molar-refractivity contribution in [1.29, 1.82) is 0 Å². The SMILES string of the molecule is CCCCCCC1(C)NC(=O)N(CC(=O)Nc2ccc(C)cc2)C1=O. The van der Waals surface area contributed by atoms with E-state index in [1.54, 1.807) is 19.1 Å². The predicted molar refractivity (Wildman–Crippen MR) is 97.2 cm³/mol. The number of hydrogen-bond donors (Lipinski definition) is 2. The summed E-state index contributed by atoms with van der Waals surface area (Å²) in [6.45, 7) is 5.54. The third-order valence-electron chi connectivity index (χ3n) is 4.51. The lowest BCUT2D eigenvalue weighted by Gasteiger charge is -2.21. The molecule has 0 saturated carbocycles. The zero-order valence-electron chi connectivity index (χ0n) is 15.2. The number of unbranched alkanes of at least 4 members (excludes halogenated alkanes) is 3. The molecule has 0 aromatic heterocycles. The van der Waals surface area contributed by atoms with Gasteiger partial charge in [0.25, 0.3) is 5.91 Å². The highest BCUT2D eigenvalue weighted by Gasteiger charge is 2.47. The van der Waals surface area contributed by atoms with Gasteiger partial charge in [-0.3, -0.25) is 14.5 Å². The van der Waals surface area contributed by atoms with Crippen molar-refractivity contribution < 1.29 is 14.4 Å². The van der Waals surface area contributed by atoms with E-state index in [0.29, 0.717) is 12.1 Å². The van der Waals surface area contributed by atoms with Gasteiger partial charge in [0.1, 0.15) is 12.1 Å². The maximum absolute atomic E-state index is 12.6. The molecule has 0 aliphatic carbocycles. The van der Waals surface area contributed by atoms with E-state index in [1.165, 1.54) is 0 Å². The standard InChI is InChI=1S/C19H27N3O3/c1-4-5-6-7-12-19(3)17(24)22(18(25)21-19)13-16(23)20-15-10-8-14(2)9-11-15/h8-11H,4-7,12-13H2,1-3H3,(H,20,23)(H,21,25). The molecule has 2 rings (SSSR count). The van der Waals surface area contributed by atoms with Crippen molar-refractivity contribution in [1.82, 2.24) is 10.2 Å². The molecule has 0 spiro atoms. The van der Waals surface area contributed by atoms with Crippen LogP contribution in [0.5, 0.6) is 0 Å². The zero-order chi connectivity index (χ0) is 18.4. The van der Waals surface area contributed by atoms with E-state index in [1.807, 2.05) is 19.1 Å². The van der Waals surface area contributed by atoms with E-state index in [0.717, 1.165) is 36.1 Å². The number of nitrogens with zero attached hydrogens (tertiary/aromatic N) is 1. The van der Waals surface area contributed by atoms with Crippen molar-refractivity contribution >= 4 is 23.5 Å². The van der Waals surface area contributed by atoms with Gasteiger partial charge in [-0.2, -0.15) is 0 Å². The van der Waals surface area contributed by atoms with Crippen molar-refractivity contribution in [2.45, 2.75) is 58.4 Å². The predicted octanol–water partition coefficient (Wildman–Crippen LogP) is 3.21. The van der Waals surface area contributed by atoms with Gasteiger partial charge < -0.3 is 10.6 Å². The van der Waals surface area contributed by atoms with Crippen LogP contribution in [0.15, 0.2) is 24.3 Å². The van der Waals surface area contributed by atoms with Gasteiger partial charge in [0.15, 0.2) is 0 Å². The van der Waals surface area contributed by atoms with Crippen molar-refractivity contribution in [3.05, 3.63) is 29.8 Å². The maximum atomic E-state index is 12.6. The second-order valence-corrected chi connectivity index (χ2v) is 6.88. The Morgan fingerprint density at radius 2 is 1.84 bits per heavy atom. The minimum atomic E-state index is -0.908. The number of aryl methyl sites for hydroxylation is 1. The number of rotatable bonds is 8. The van der Waals surface area contributed by atoms with Gasteiger partial charge in [0.05, 0.1) is 0 Å². The van der Waals surface area contributed by atoms with E-state index in [9.17, 15) is 14.4 Å². The average molecular weight is 345 g/mol. The number of amides is 4. The number of imide groups is 1. The van der Waals surface area contributed by atoms with Gasteiger partial charge in [0.2, 0.25) is 5.91 Å². The molecule has 1 fully saturated rings. The monoisotopic (exact) mass is 345 g/mol. The summed E-state index contributed by atoms with van der Waals surface area (Å²) >= 11 is 0. The Balaban J connectivity index is 1.92. The number of urea groups is 1. The molecule has 1 unspecified atom stereocenters. The quantitative estimate of drug-likeness (QED) is 0.561. The normalized spacial score (nSPS) is 19.9. The van der Waals surface area contributed by atoms with Crippen LogP contribution in [-0.4, -0.2) is 34.8 Å². The molecule has 1 aromatic rings. The number of hydrogen-bond acceptors (Lipinski definition) is 3. The molecule has 1 aliphatic rings. The van der Waals surface area contributed by atoms with E-state index in [-0.39, 0.29) is 18.4 Å². The molecule has 6 heteroatoms. The van der Waals surface area contributed by atoms with Crippen molar-refractivity contribution in [2.75, 3.05) is 11.9 Å². The summed E-state index contributed by atoms with van der Waals surface area (Å²) < 4.78 is 0. The molecule has 4 amide bonds. The summed E-state index contributed by atoms with van der Waals surface area (Å²) in [5.74, 6) is -0.712. The van der Waals surface area contributed by atoms with E-state index >= 15 is 0 Å². The van der Waals surface area contributed by atoms with Crippen LogP contribution in [0, 0.1) is 6.92 Å². The van der Waals surface area contributed by atoms with Crippen LogP contribution in [0.4, 0.5) is 10.5 Å². The second kappa shape index (κ2) is 8.14. The lowest BCUT2D eigenvalue weighted by Crippen LogP contribution is -2.44. The molecule has 0 bridgehead atoms. The first-order valence-electron chi connectivity index (χ1n) is 8.86. The summed E-state index contributed by atoms with van der Waals surface area (Å²) in [6.07, 6.45) is 4.72. The van der Waals surface area contributed by atoms with Crippen molar-refractivity contribution in [3.8, 4) is 0 Å². The van der Waals surface area contributed by atoms with E-state index < -0.39 is 11.6 Å². The zero-order valence-corrected chi connectivity index (χ0v) is 15.2. The van der Waals surface area contributed by atoms with Crippen LogP contribution in [-0.2, 0) is 9.59 Å². The Hall–Kier alpha value is -2.37. The van der Waals surface area contributed by atoms with Gasteiger partial charge in [0, 0.05) is 5.69 Å². The first-order valence-corrected chi connectivity index (χ1v) is 8.86. The highest BCUT2D eigenvalue weighted by molar-refractivity contribution is 6.09. The fraction of sp³-hybridized carbons (Fsp3) is 0.526. The summed E-state index contributed by atoms with van der Waals surface area (Å²) in [7, 11) is 0. The molecule has 0 radical (unpaired) electrons. The van der Waals surface area contributed by atoms with Gasteiger partial charge in [-0.1, -0.05) is 50.3 Å². The van der Waals surface area contributed by atoms with Gasteiger partial charge in [-0.05, 0) is 32.4 Å². The number of carbonyl (C=O) groups is 3. The van der Waals surface area contributed by atoms with Crippen molar-refractivity contribution in [3.63, 3.8) is 0 Å². The smallest absolute Gasteiger partial charge is 0.325 e. The molecule has 2 N–H and O–H groups in total. The number of anilines is 1. The lowest BCUT2D eigenvalue weighted by atomic mass is 9.94. The molecule has 136 valence electrons. The Kier molecular flexibility index (Phi) is 6.17. The van der Waals surface area contributed by atoms with Crippen LogP contribution in [0.3, 0.4) is 0 Å². The van der Waals surface area contributed by atoms with Crippen molar-refractivity contribution in [2.24, 2.45) is 0 Å². The highest BCUT2D eigenvalue weighted by atomic mass is 16.2. The second-order valence-electron chi connectivity index (χ2n) is 6.88. The summed E-state index contributed by atoms with van der Waals surface area (Å²) in [5.41, 5.74) is 0.825. The summed E-state index contributed by atoms with van der Waals surface area (Å²) in [5, 5.41) is 5.45. The van der Waals surface area contributed by atoms with E-state index in [4.69, 9.17) is 0 Å². The Labute approximate surface area is 149 Å². The Bertz CT molecular complexity index is 642. The Morgan fingerprint density at radius 3 is 2.48 bits per heavy atom. The van der Waals surface area contributed by atoms with Crippen LogP contribution < -0.4 is 10.6 Å². The largest absolute Gasteiger partial charge is 0.325 e. The highest BCUT2D eigenvalue weighted by Crippen LogP contribution is 2.24. The van der Waals surface area contributed by atoms with Crippen LogP contribution in [0.1, 0.15) is 51.5 Å². The Morgan fingerprint density at radius 1 is 1.16 bits per heavy atom. The number of benzene rings is 1. The number of nitrogens with one attached hydrogen (secondary N) is 2. The summed E-state index contributed by atoms with van der Waals surface area (Å²) in [4.78, 5) is 37.9. The molecule has 1 heterocycles. The molecule has 1 saturated heterocycles. The molecule has 1 atom stereocenters. The molecule has 6 nitrogen and oxygen atoms in total. The summed E-state index contributed by atoms with van der Waals surface area (Å²) in [6, 6.07) is 6.85. The third-order valence-corrected chi connectivity index (χ3v) is 4.51. The topological polar surface area (TPSA) is 78.5 Å². The molecular weight excluding hydrogens is 318 g/mol. The van der Waals surface area contributed by atoms with Crippen LogP contribution >= 0.6 is 0 Å². The minimum absolute atomic E-state index is 0.275. The van der Waals surface area contributed by atoms with Gasteiger partial charge in [-0.15, -0.1) is 0 Å². The number of carbonyl (C=O) groups excluding carboxylic acids is 3. The fourth-order valence-electron chi connectivity index (χ4n) is 2.95. The third kappa shape index (κ3) is 4.81. The fourth-order valence-corrected chi connectivity index (χ4v) is 2.95. The van der Waals surface area contributed by atoms with Crippen LogP contribution in [0.2, 0.25) is 0 Å². The van der Waals surface area contributed by atoms with E-state index in [2.05, 4.69) is 17.6 Å². The molecule has 1 aromatic carbocycles. The maximum Gasteiger partial charge on any atom is 0.325 e. The van der Waals surface area contributed by atoms with Gasteiger partial charge in [-0.25, -0.2) is 4.79 Å². The average Bonchev–Trinajstić information content (AvgIpc) is 2.77. The van der Waals surface area contributed by atoms with Gasteiger partial charge >= 0.3 is 6.03 Å². The lowest BCUT2D eigenvalue weighted by molar-refractivity contribution is -0.133. The minimum Gasteiger partial charge on any atom is -0.325 e. The first-order chi connectivity index (χ1) is 11.9. The first kappa shape index (κ1) is 19.0. The molecular formula is C19H27N3O3. The molecule has 1 aliphatic heterocycles. The molecule has 25 heavy (non-hydrogen) atoms.